The van der Waals surface area contributed by atoms with Crippen LogP contribution >= 0.6 is 43.2 Å². The van der Waals surface area contributed by atoms with E-state index in [2.05, 4.69) is 36.8 Å². The Kier molecular flexibility index (Phi) is 3.56. The SMILES string of the molecule is O=c1c(Br)cc(Br)cn1Cc1nc2ccccc2s1. The number of hydrogen-bond donors (Lipinski definition) is 0. The van der Waals surface area contributed by atoms with Crippen molar-refractivity contribution in [3.05, 3.63) is 60.8 Å². The molecule has 3 rings (SSSR count). The molecule has 0 amide bonds. The van der Waals surface area contributed by atoms with E-state index in [9.17, 15) is 4.79 Å². The number of pyridine rings is 1. The summed E-state index contributed by atoms with van der Waals surface area (Å²) in [5, 5.41) is 0.924. The second-order valence-corrected chi connectivity index (χ2v) is 6.90. The Morgan fingerprint density at radius 3 is 2.84 bits per heavy atom. The van der Waals surface area contributed by atoms with E-state index in [1.807, 2.05) is 24.3 Å². The van der Waals surface area contributed by atoms with Crippen LogP contribution in [0.25, 0.3) is 10.2 Å². The van der Waals surface area contributed by atoms with Gasteiger partial charge >= 0.3 is 0 Å². The van der Waals surface area contributed by atoms with Crippen molar-refractivity contribution in [1.29, 1.82) is 0 Å². The van der Waals surface area contributed by atoms with Crippen molar-refractivity contribution in [1.82, 2.24) is 9.55 Å². The number of para-hydroxylation sites is 1. The van der Waals surface area contributed by atoms with Crippen LogP contribution in [0.4, 0.5) is 0 Å². The molecule has 0 aliphatic carbocycles. The molecular weight excluding hydrogens is 392 g/mol. The summed E-state index contributed by atoms with van der Waals surface area (Å²) in [4.78, 5) is 16.5. The van der Waals surface area contributed by atoms with Gasteiger partial charge in [0, 0.05) is 10.7 Å². The van der Waals surface area contributed by atoms with Crippen LogP contribution in [0, 0.1) is 0 Å². The number of rotatable bonds is 2. The number of nitrogens with zero attached hydrogens (tertiary/aromatic N) is 2. The van der Waals surface area contributed by atoms with E-state index in [4.69, 9.17) is 0 Å². The Balaban J connectivity index is 2.03. The second-order valence-electron chi connectivity index (χ2n) is 4.01. The van der Waals surface area contributed by atoms with Crippen molar-refractivity contribution < 1.29 is 0 Å². The number of thiazole rings is 1. The first-order valence-corrected chi connectivity index (χ1v) is 7.94. The molecule has 3 aromatic rings. The Morgan fingerprint density at radius 1 is 1.26 bits per heavy atom. The molecule has 0 saturated heterocycles. The molecule has 1 aromatic carbocycles. The molecule has 0 radical (unpaired) electrons. The van der Waals surface area contributed by atoms with Crippen LogP contribution in [0.5, 0.6) is 0 Å². The minimum absolute atomic E-state index is 0.0533. The van der Waals surface area contributed by atoms with Gasteiger partial charge in [0.1, 0.15) is 5.01 Å². The molecule has 19 heavy (non-hydrogen) atoms. The first kappa shape index (κ1) is 13.0. The maximum Gasteiger partial charge on any atom is 0.265 e. The lowest BCUT2D eigenvalue weighted by Crippen LogP contribution is -2.20. The lowest BCUT2D eigenvalue weighted by Gasteiger charge is -2.04. The maximum absolute atomic E-state index is 12.0. The van der Waals surface area contributed by atoms with E-state index in [0.29, 0.717) is 11.0 Å². The van der Waals surface area contributed by atoms with Crippen molar-refractivity contribution in [3.8, 4) is 0 Å². The van der Waals surface area contributed by atoms with Crippen LogP contribution in [0.3, 0.4) is 0 Å². The summed E-state index contributed by atoms with van der Waals surface area (Å²) in [5.74, 6) is 0. The molecule has 0 N–H and O–H groups in total. The monoisotopic (exact) mass is 398 g/mol. The predicted octanol–water partition coefficient (Wildman–Crippen LogP) is 4.03. The zero-order valence-electron chi connectivity index (χ0n) is 9.64. The largest absolute Gasteiger partial charge is 0.307 e. The standard InChI is InChI=1S/C13H8Br2N2OS/c14-8-5-9(15)13(18)17(6-8)7-12-16-10-3-1-2-4-11(10)19-12/h1-6H,7H2. The van der Waals surface area contributed by atoms with Crippen molar-refractivity contribution in [2.24, 2.45) is 0 Å². The van der Waals surface area contributed by atoms with Gasteiger partial charge in [-0.25, -0.2) is 4.98 Å². The van der Waals surface area contributed by atoms with Gasteiger partial charge in [-0.2, -0.15) is 0 Å². The molecule has 0 unspecified atom stereocenters. The summed E-state index contributed by atoms with van der Waals surface area (Å²) in [6.45, 7) is 0.482. The molecule has 0 fully saturated rings. The van der Waals surface area contributed by atoms with Gasteiger partial charge in [0.15, 0.2) is 0 Å². The predicted molar refractivity (Wildman–Crippen MR) is 84.8 cm³/mol. The van der Waals surface area contributed by atoms with Crippen LogP contribution < -0.4 is 5.56 Å². The number of benzene rings is 1. The number of hydrogen-bond acceptors (Lipinski definition) is 3. The minimum Gasteiger partial charge on any atom is -0.307 e. The average molecular weight is 400 g/mol. The zero-order valence-corrected chi connectivity index (χ0v) is 13.6. The lowest BCUT2D eigenvalue weighted by molar-refractivity contribution is 0.748. The van der Waals surface area contributed by atoms with Gasteiger partial charge in [0.2, 0.25) is 0 Å². The van der Waals surface area contributed by atoms with Crippen LogP contribution in [-0.4, -0.2) is 9.55 Å². The normalized spacial score (nSPS) is 11.1. The maximum atomic E-state index is 12.0. The smallest absolute Gasteiger partial charge is 0.265 e. The highest BCUT2D eigenvalue weighted by Gasteiger charge is 2.07. The van der Waals surface area contributed by atoms with Crippen LogP contribution in [0.15, 0.2) is 50.3 Å². The highest BCUT2D eigenvalue weighted by molar-refractivity contribution is 9.11. The van der Waals surface area contributed by atoms with Crippen LogP contribution in [0.2, 0.25) is 0 Å². The Hall–Kier alpha value is -0.980. The summed E-state index contributed by atoms with van der Waals surface area (Å²) in [5.41, 5.74) is 0.923. The molecule has 0 aliphatic rings. The molecular formula is C13H8Br2N2OS. The highest BCUT2D eigenvalue weighted by Crippen LogP contribution is 2.22. The first-order valence-electron chi connectivity index (χ1n) is 5.53. The van der Waals surface area contributed by atoms with Crippen molar-refractivity contribution in [3.63, 3.8) is 0 Å². The number of halogens is 2. The van der Waals surface area contributed by atoms with Gasteiger partial charge in [-0.15, -0.1) is 11.3 Å². The van der Waals surface area contributed by atoms with Gasteiger partial charge in [-0.3, -0.25) is 4.79 Å². The lowest BCUT2D eigenvalue weighted by atomic mass is 10.3. The third-order valence-corrected chi connectivity index (χ3v) is 4.68. The van der Waals surface area contributed by atoms with E-state index < -0.39 is 0 Å². The van der Waals surface area contributed by atoms with Gasteiger partial charge in [-0.05, 0) is 50.1 Å². The molecule has 2 aromatic heterocycles. The number of aromatic nitrogens is 2. The zero-order chi connectivity index (χ0) is 13.4. The molecule has 0 atom stereocenters. The quantitative estimate of drug-likeness (QED) is 0.651. The van der Waals surface area contributed by atoms with Gasteiger partial charge in [0.25, 0.3) is 5.56 Å². The first-order chi connectivity index (χ1) is 9.13. The molecule has 2 heterocycles. The van der Waals surface area contributed by atoms with Crippen molar-refractivity contribution in [2.45, 2.75) is 6.54 Å². The average Bonchev–Trinajstić information content (AvgIpc) is 2.77. The highest BCUT2D eigenvalue weighted by atomic mass is 79.9. The van der Waals surface area contributed by atoms with E-state index >= 15 is 0 Å². The molecule has 6 heteroatoms. The minimum atomic E-state index is -0.0533. The summed E-state index contributed by atoms with van der Waals surface area (Å²) < 4.78 is 4.19. The van der Waals surface area contributed by atoms with Crippen molar-refractivity contribution >= 4 is 53.4 Å². The van der Waals surface area contributed by atoms with Gasteiger partial charge in [0.05, 0.1) is 21.2 Å². The fourth-order valence-electron chi connectivity index (χ4n) is 1.82. The van der Waals surface area contributed by atoms with Crippen LogP contribution in [0.1, 0.15) is 5.01 Å². The van der Waals surface area contributed by atoms with Gasteiger partial charge < -0.3 is 4.57 Å². The fourth-order valence-corrected chi connectivity index (χ4v) is 4.04. The van der Waals surface area contributed by atoms with Crippen LogP contribution in [-0.2, 0) is 6.54 Å². The Morgan fingerprint density at radius 2 is 2.05 bits per heavy atom. The third-order valence-electron chi connectivity index (χ3n) is 2.65. The summed E-state index contributed by atoms with van der Waals surface area (Å²) in [6, 6.07) is 9.72. The topological polar surface area (TPSA) is 34.9 Å². The molecule has 0 saturated carbocycles. The van der Waals surface area contributed by atoms with E-state index in [0.717, 1.165) is 19.7 Å². The molecule has 0 aliphatic heterocycles. The van der Waals surface area contributed by atoms with E-state index in [-0.39, 0.29) is 5.56 Å². The van der Waals surface area contributed by atoms with E-state index in [1.54, 1.807) is 28.2 Å². The third kappa shape index (κ3) is 2.66. The van der Waals surface area contributed by atoms with Gasteiger partial charge in [-0.1, -0.05) is 12.1 Å². The fraction of sp³-hybridized carbons (Fsp3) is 0.0769. The Labute approximate surface area is 130 Å². The summed E-state index contributed by atoms with van der Waals surface area (Å²) >= 11 is 8.26. The van der Waals surface area contributed by atoms with Crippen molar-refractivity contribution in [2.75, 3.05) is 0 Å². The molecule has 3 nitrogen and oxygen atoms in total. The number of fused-ring (bicyclic) bond motifs is 1. The molecule has 96 valence electrons. The summed E-state index contributed by atoms with van der Waals surface area (Å²) in [6.07, 6.45) is 1.78. The molecule has 0 bridgehead atoms. The Bertz CT molecular complexity index is 777. The van der Waals surface area contributed by atoms with E-state index in [1.165, 1.54) is 0 Å². The second kappa shape index (κ2) is 5.19. The summed E-state index contributed by atoms with van der Waals surface area (Å²) in [7, 11) is 0. The molecule has 0 spiro atoms.